The molecule has 226 valence electrons. The summed E-state index contributed by atoms with van der Waals surface area (Å²) < 4.78 is 8.69. The standard InChI is InChI=1S/C35H42N4O4/c1-24-19-39(25(2)23-40)35(42)18-27-16-29(36-34(41)17-28-21-38(4)31-13-9-8-12-30(28)31)14-15-32(27)43-33(24)22-37(3)20-26-10-6-5-7-11-26/h5-16,21,24-25,33,40H,17-20,22-23H2,1-4H3,(H,36,41)/t24-,25-,33+/m0/s1. The molecule has 0 bridgehead atoms. The highest BCUT2D eigenvalue weighted by molar-refractivity contribution is 5.96. The average Bonchev–Trinajstić information content (AvgIpc) is 3.32. The van der Waals surface area contributed by atoms with E-state index in [1.54, 1.807) is 4.90 Å². The lowest BCUT2D eigenvalue weighted by molar-refractivity contribution is -0.134. The van der Waals surface area contributed by atoms with E-state index in [0.29, 0.717) is 30.1 Å². The molecule has 0 radical (unpaired) electrons. The van der Waals surface area contributed by atoms with E-state index < -0.39 is 0 Å². The maximum Gasteiger partial charge on any atom is 0.228 e. The fourth-order valence-corrected chi connectivity index (χ4v) is 5.94. The Morgan fingerprint density at radius 1 is 1.12 bits per heavy atom. The van der Waals surface area contributed by atoms with Gasteiger partial charge in [-0.25, -0.2) is 0 Å². The highest BCUT2D eigenvalue weighted by Crippen LogP contribution is 2.30. The van der Waals surface area contributed by atoms with Crippen LogP contribution in [0.3, 0.4) is 0 Å². The Bertz CT molecular complexity index is 1570. The number of ether oxygens (including phenoxy) is 1. The molecule has 8 nitrogen and oxygen atoms in total. The first-order chi connectivity index (χ1) is 20.7. The second kappa shape index (κ2) is 13.4. The Morgan fingerprint density at radius 3 is 2.63 bits per heavy atom. The largest absolute Gasteiger partial charge is 0.488 e. The smallest absolute Gasteiger partial charge is 0.228 e. The van der Waals surface area contributed by atoms with Crippen molar-refractivity contribution in [2.75, 3.05) is 32.1 Å². The molecule has 0 aliphatic carbocycles. The zero-order valence-electron chi connectivity index (χ0n) is 25.5. The summed E-state index contributed by atoms with van der Waals surface area (Å²) >= 11 is 0. The molecule has 3 aromatic carbocycles. The molecule has 1 aromatic heterocycles. The van der Waals surface area contributed by atoms with Crippen LogP contribution in [0.5, 0.6) is 5.75 Å². The van der Waals surface area contributed by atoms with Crippen LogP contribution in [-0.4, -0.2) is 70.2 Å². The number of amides is 2. The van der Waals surface area contributed by atoms with Crippen LogP contribution in [0.2, 0.25) is 0 Å². The number of hydrogen-bond donors (Lipinski definition) is 2. The van der Waals surface area contributed by atoms with E-state index in [1.165, 1.54) is 5.56 Å². The Morgan fingerprint density at radius 2 is 1.86 bits per heavy atom. The molecule has 2 N–H and O–H groups in total. The van der Waals surface area contributed by atoms with E-state index in [9.17, 15) is 14.7 Å². The molecule has 0 saturated heterocycles. The highest BCUT2D eigenvalue weighted by Gasteiger charge is 2.31. The highest BCUT2D eigenvalue weighted by atomic mass is 16.5. The van der Waals surface area contributed by atoms with Gasteiger partial charge in [-0.1, -0.05) is 55.5 Å². The van der Waals surface area contributed by atoms with Crippen LogP contribution < -0.4 is 10.1 Å². The van der Waals surface area contributed by atoms with Gasteiger partial charge in [-0.15, -0.1) is 0 Å². The minimum absolute atomic E-state index is 0.0159. The molecule has 0 spiro atoms. The van der Waals surface area contributed by atoms with E-state index in [0.717, 1.165) is 23.0 Å². The number of carbonyl (C=O) groups excluding carboxylic acids is 2. The summed E-state index contributed by atoms with van der Waals surface area (Å²) in [4.78, 5) is 30.7. The summed E-state index contributed by atoms with van der Waals surface area (Å²) in [5.41, 5.74) is 4.59. The third-order valence-corrected chi connectivity index (χ3v) is 8.32. The number of aryl methyl sites for hydroxylation is 1. The van der Waals surface area contributed by atoms with Crippen molar-refractivity contribution in [3.63, 3.8) is 0 Å². The maximum absolute atomic E-state index is 13.6. The number of hydrogen-bond acceptors (Lipinski definition) is 5. The number of benzene rings is 3. The van der Waals surface area contributed by atoms with Crippen molar-refractivity contribution < 1.29 is 19.4 Å². The molecule has 2 heterocycles. The van der Waals surface area contributed by atoms with Crippen LogP contribution in [0.25, 0.3) is 10.9 Å². The van der Waals surface area contributed by atoms with E-state index in [4.69, 9.17) is 4.74 Å². The van der Waals surface area contributed by atoms with Crippen molar-refractivity contribution in [3.05, 3.63) is 95.7 Å². The number of para-hydroxylation sites is 1. The van der Waals surface area contributed by atoms with Crippen LogP contribution in [0.15, 0.2) is 79.0 Å². The van der Waals surface area contributed by atoms with Crippen LogP contribution in [0.4, 0.5) is 5.69 Å². The van der Waals surface area contributed by atoms with Crippen molar-refractivity contribution in [1.29, 1.82) is 0 Å². The average molecular weight is 583 g/mol. The summed E-state index contributed by atoms with van der Waals surface area (Å²) in [6.07, 6.45) is 2.15. The van der Waals surface area contributed by atoms with Gasteiger partial charge in [0.1, 0.15) is 11.9 Å². The molecular formula is C35H42N4O4. The van der Waals surface area contributed by atoms with E-state index in [1.807, 2.05) is 85.4 Å². The molecule has 4 aromatic rings. The fourth-order valence-electron chi connectivity index (χ4n) is 5.94. The number of anilines is 1. The predicted molar refractivity (Wildman–Crippen MR) is 170 cm³/mol. The first-order valence-electron chi connectivity index (χ1n) is 15.0. The van der Waals surface area contributed by atoms with E-state index >= 15 is 0 Å². The molecule has 1 aliphatic rings. The number of carbonyl (C=O) groups is 2. The number of aliphatic hydroxyl groups is 1. The number of aliphatic hydroxyl groups excluding tert-OH is 1. The SMILES string of the molecule is C[C@H]1CN([C@@H](C)CO)C(=O)Cc2cc(NC(=O)Cc3cn(C)c4ccccc34)ccc2O[C@@H]1CN(C)Cc1ccccc1. The minimum atomic E-state index is -0.317. The number of aromatic nitrogens is 1. The third-order valence-electron chi connectivity index (χ3n) is 8.32. The zero-order valence-corrected chi connectivity index (χ0v) is 25.5. The topological polar surface area (TPSA) is 87.0 Å². The van der Waals surface area contributed by atoms with Crippen molar-refractivity contribution in [3.8, 4) is 5.75 Å². The molecule has 0 unspecified atom stereocenters. The predicted octanol–water partition coefficient (Wildman–Crippen LogP) is 4.64. The monoisotopic (exact) mass is 582 g/mol. The lowest BCUT2D eigenvalue weighted by atomic mass is 10.0. The third kappa shape index (κ3) is 7.27. The van der Waals surface area contributed by atoms with Gasteiger partial charge in [0.05, 0.1) is 25.5 Å². The van der Waals surface area contributed by atoms with Crippen LogP contribution in [-0.2, 0) is 36.0 Å². The van der Waals surface area contributed by atoms with Gasteiger partial charge in [-0.2, -0.15) is 0 Å². The summed E-state index contributed by atoms with van der Waals surface area (Å²) in [6.45, 7) is 5.76. The second-order valence-corrected chi connectivity index (χ2v) is 11.9. The lowest BCUT2D eigenvalue weighted by Crippen LogP contribution is -2.47. The molecule has 0 fully saturated rings. The summed E-state index contributed by atoms with van der Waals surface area (Å²) in [7, 11) is 4.05. The summed E-state index contributed by atoms with van der Waals surface area (Å²) in [5, 5.41) is 14.0. The minimum Gasteiger partial charge on any atom is -0.488 e. The number of likely N-dealkylation sites (N-methyl/N-ethyl adjacent to an activating group) is 1. The molecule has 2 amide bonds. The van der Waals surface area contributed by atoms with Crippen LogP contribution >= 0.6 is 0 Å². The van der Waals surface area contributed by atoms with Gasteiger partial charge in [0, 0.05) is 61.0 Å². The maximum atomic E-state index is 13.6. The van der Waals surface area contributed by atoms with Gasteiger partial charge in [0.2, 0.25) is 11.8 Å². The number of nitrogens with one attached hydrogen (secondary N) is 1. The van der Waals surface area contributed by atoms with Crippen molar-refractivity contribution >= 4 is 28.4 Å². The molecule has 8 heteroatoms. The summed E-state index contributed by atoms with van der Waals surface area (Å²) in [6, 6.07) is 23.6. The lowest BCUT2D eigenvalue weighted by Gasteiger charge is -2.34. The number of nitrogens with zero attached hydrogens (tertiary/aromatic N) is 3. The van der Waals surface area contributed by atoms with Gasteiger partial charge < -0.3 is 24.6 Å². The Balaban J connectivity index is 1.37. The van der Waals surface area contributed by atoms with E-state index in [2.05, 4.69) is 36.3 Å². The fraction of sp³-hybridized carbons (Fsp3) is 0.371. The number of fused-ring (bicyclic) bond motifs is 2. The van der Waals surface area contributed by atoms with Gasteiger partial charge in [0.15, 0.2) is 0 Å². The zero-order chi connectivity index (χ0) is 30.5. The Kier molecular flexibility index (Phi) is 9.48. The molecule has 1 aliphatic heterocycles. The van der Waals surface area contributed by atoms with Crippen LogP contribution in [0, 0.1) is 5.92 Å². The summed E-state index contributed by atoms with van der Waals surface area (Å²) in [5.74, 6) is 0.456. The van der Waals surface area contributed by atoms with Gasteiger partial charge in [-0.05, 0) is 49.4 Å². The molecule has 5 rings (SSSR count). The molecular weight excluding hydrogens is 540 g/mol. The van der Waals surface area contributed by atoms with E-state index in [-0.39, 0.29) is 49.3 Å². The van der Waals surface area contributed by atoms with Gasteiger partial charge >= 0.3 is 0 Å². The number of rotatable bonds is 9. The molecule has 3 atom stereocenters. The van der Waals surface area contributed by atoms with Crippen molar-refractivity contribution in [2.45, 2.75) is 45.4 Å². The van der Waals surface area contributed by atoms with Crippen molar-refractivity contribution in [2.24, 2.45) is 13.0 Å². The molecule has 43 heavy (non-hydrogen) atoms. The first kappa shape index (κ1) is 30.3. The second-order valence-electron chi connectivity index (χ2n) is 11.9. The first-order valence-corrected chi connectivity index (χ1v) is 15.0. The normalized spacial score (nSPS) is 18.0. The van der Waals surface area contributed by atoms with Gasteiger partial charge in [-0.3, -0.25) is 14.5 Å². The van der Waals surface area contributed by atoms with Gasteiger partial charge in [0.25, 0.3) is 0 Å². The van der Waals surface area contributed by atoms with Crippen LogP contribution in [0.1, 0.15) is 30.5 Å². The quantitative estimate of drug-likeness (QED) is 0.300. The Labute approximate surface area is 253 Å². The Hall–Kier alpha value is -4.14. The molecule has 0 saturated carbocycles. The van der Waals surface area contributed by atoms with Crippen molar-refractivity contribution in [1.82, 2.24) is 14.4 Å².